The molecule has 3 rings (SSSR count). The number of aromatic nitrogens is 3. The molecule has 0 amide bonds. The lowest BCUT2D eigenvalue weighted by Crippen LogP contribution is -2.22. The molecule has 1 N–H and O–H groups in total. The SMILES string of the molecule is Cc1nnc(N[C@H](C)c2cccc(C(F)F)c2F)c2cn(CC(F)F)c(=O)cc12. The Morgan fingerprint density at radius 2 is 1.79 bits per heavy atom. The normalized spacial score (nSPS) is 12.7. The molecule has 0 aliphatic rings. The largest absolute Gasteiger partial charge is 0.361 e. The lowest BCUT2D eigenvalue weighted by Gasteiger charge is -2.18. The number of alkyl halides is 4. The maximum Gasteiger partial charge on any atom is 0.266 e. The lowest BCUT2D eigenvalue weighted by molar-refractivity contribution is 0.125. The first kappa shape index (κ1) is 20.7. The molecule has 2 heterocycles. The fourth-order valence-corrected chi connectivity index (χ4v) is 3.05. The van der Waals surface area contributed by atoms with E-state index >= 15 is 0 Å². The summed E-state index contributed by atoms with van der Waals surface area (Å²) in [5, 5.41) is 11.5. The third-order valence-corrected chi connectivity index (χ3v) is 4.52. The van der Waals surface area contributed by atoms with E-state index in [0.29, 0.717) is 16.5 Å². The highest BCUT2D eigenvalue weighted by atomic mass is 19.3. The Morgan fingerprint density at radius 3 is 2.45 bits per heavy atom. The van der Waals surface area contributed by atoms with Crippen LogP contribution in [0.5, 0.6) is 0 Å². The molecule has 0 aliphatic heterocycles. The van der Waals surface area contributed by atoms with Gasteiger partial charge in [0, 0.05) is 28.6 Å². The number of aryl methyl sites for hydroxylation is 1. The fraction of sp³-hybridized carbons (Fsp3) is 0.316. The van der Waals surface area contributed by atoms with Crippen LogP contribution in [-0.4, -0.2) is 21.2 Å². The van der Waals surface area contributed by atoms with Crippen LogP contribution in [0.1, 0.15) is 36.2 Å². The molecule has 3 aromatic rings. The molecular weight excluding hydrogens is 395 g/mol. The predicted octanol–water partition coefficient (Wildman–Crippen LogP) is 4.61. The number of fused-ring (bicyclic) bond motifs is 1. The molecule has 0 saturated heterocycles. The predicted molar refractivity (Wildman–Crippen MR) is 97.9 cm³/mol. The molecule has 0 bridgehead atoms. The van der Waals surface area contributed by atoms with Crippen molar-refractivity contribution in [1.82, 2.24) is 14.8 Å². The number of benzene rings is 1. The zero-order valence-electron chi connectivity index (χ0n) is 15.5. The number of halogens is 5. The zero-order valence-corrected chi connectivity index (χ0v) is 15.5. The molecule has 0 spiro atoms. The monoisotopic (exact) mass is 412 g/mol. The van der Waals surface area contributed by atoms with Crippen molar-refractivity contribution >= 4 is 16.6 Å². The van der Waals surface area contributed by atoms with E-state index in [1.165, 1.54) is 31.3 Å². The molecule has 10 heteroatoms. The second-order valence-corrected chi connectivity index (χ2v) is 6.53. The van der Waals surface area contributed by atoms with Gasteiger partial charge in [0.05, 0.1) is 23.8 Å². The minimum absolute atomic E-state index is 0.0146. The number of nitrogens with zero attached hydrogens (tertiary/aromatic N) is 3. The highest BCUT2D eigenvalue weighted by Gasteiger charge is 2.21. The van der Waals surface area contributed by atoms with Gasteiger partial charge in [-0.25, -0.2) is 22.0 Å². The number of rotatable bonds is 6. The van der Waals surface area contributed by atoms with Crippen molar-refractivity contribution in [2.24, 2.45) is 0 Å². The van der Waals surface area contributed by atoms with Gasteiger partial charge in [-0.15, -0.1) is 5.10 Å². The molecule has 0 fully saturated rings. The minimum atomic E-state index is -2.97. The third kappa shape index (κ3) is 4.20. The van der Waals surface area contributed by atoms with Crippen molar-refractivity contribution in [3.63, 3.8) is 0 Å². The van der Waals surface area contributed by atoms with Crippen molar-refractivity contribution in [1.29, 1.82) is 0 Å². The first-order chi connectivity index (χ1) is 13.7. The van der Waals surface area contributed by atoms with Crippen molar-refractivity contribution < 1.29 is 22.0 Å². The molecule has 5 nitrogen and oxygen atoms in total. The van der Waals surface area contributed by atoms with Crippen LogP contribution in [0.4, 0.5) is 27.8 Å². The van der Waals surface area contributed by atoms with Crippen molar-refractivity contribution in [2.45, 2.75) is 39.3 Å². The van der Waals surface area contributed by atoms with Gasteiger partial charge < -0.3 is 9.88 Å². The number of pyridine rings is 1. The molecule has 0 aliphatic carbocycles. The molecule has 0 saturated carbocycles. The van der Waals surface area contributed by atoms with Gasteiger partial charge >= 0.3 is 0 Å². The number of nitrogens with one attached hydrogen (secondary N) is 1. The smallest absolute Gasteiger partial charge is 0.266 e. The van der Waals surface area contributed by atoms with Gasteiger partial charge in [-0.1, -0.05) is 18.2 Å². The van der Waals surface area contributed by atoms with Gasteiger partial charge in [0.15, 0.2) is 5.82 Å². The van der Waals surface area contributed by atoms with Gasteiger partial charge in [-0.2, -0.15) is 5.10 Å². The Labute approximate surface area is 162 Å². The van der Waals surface area contributed by atoms with Crippen molar-refractivity contribution in [3.8, 4) is 0 Å². The molecule has 1 atom stereocenters. The van der Waals surface area contributed by atoms with E-state index in [1.54, 1.807) is 6.92 Å². The van der Waals surface area contributed by atoms with Crippen LogP contribution in [0.3, 0.4) is 0 Å². The van der Waals surface area contributed by atoms with Gasteiger partial charge in [0.25, 0.3) is 18.4 Å². The van der Waals surface area contributed by atoms with Crippen molar-refractivity contribution in [3.05, 3.63) is 63.5 Å². The third-order valence-electron chi connectivity index (χ3n) is 4.52. The van der Waals surface area contributed by atoms with E-state index in [9.17, 15) is 26.7 Å². The Bertz CT molecular complexity index is 1100. The number of anilines is 1. The van der Waals surface area contributed by atoms with E-state index in [1.807, 2.05) is 0 Å². The summed E-state index contributed by atoms with van der Waals surface area (Å²) in [4.78, 5) is 12.1. The van der Waals surface area contributed by atoms with E-state index in [0.717, 1.165) is 10.6 Å². The maximum absolute atomic E-state index is 14.4. The Kier molecular flexibility index (Phi) is 5.81. The Morgan fingerprint density at radius 1 is 1.10 bits per heavy atom. The van der Waals surface area contributed by atoms with Crippen LogP contribution in [0.25, 0.3) is 10.8 Å². The van der Waals surface area contributed by atoms with Gasteiger partial charge in [0.2, 0.25) is 0 Å². The molecular formula is C19H17F5N4O. The summed E-state index contributed by atoms with van der Waals surface area (Å²) in [6.07, 6.45) is -4.47. The fourth-order valence-electron chi connectivity index (χ4n) is 3.05. The summed E-state index contributed by atoms with van der Waals surface area (Å²) in [5.41, 5.74) is -0.949. The number of hydrogen-bond donors (Lipinski definition) is 1. The van der Waals surface area contributed by atoms with Gasteiger partial charge in [-0.05, 0) is 13.8 Å². The van der Waals surface area contributed by atoms with Crippen LogP contribution < -0.4 is 10.9 Å². The maximum atomic E-state index is 14.4. The summed E-state index contributed by atoms with van der Waals surface area (Å²) in [6.45, 7) is 2.34. The summed E-state index contributed by atoms with van der Waals surface area (Å²) in [6, 6.07) is 4.06. The summed E-state index contributed by atoms with van der Waals surface area (Å²) in [5.74, 6) is -0.926. The van der Waals surface area contributed by atoms with E-state index in [2.05, 4.69) is 15.5 Å². The van der Waals surface area contributed by atoms with E-state index in [4.69, 9.17) is 0 Å². The first-order valence-electron chi connectivity index (χ1n) is 8.67. The average Bonchev–Trinajstić information content (AvgIpc) is 2.64. The standard InChI is InChI=1S/C19H17F5N4O/c1-9(11-4-3-5-12(17(11)22)18(23)24)25-19-14-7-28(8-15(20)21)16(29)6-13(14)10(2)26-27-19/h3-7,9,15,18H,8H2,1-2H3,(H,25,27)/t9-/m1/s1. The van der Waals surface area contributed by atoms with Crippen molar-refractivity contribution in [2.75, 3.05) is 5.32 Å². The Balaban J connectivity index is 2.05. The molecule has 0 unspecified atom stereocenters. The molecule has 1 aromatic carbocycles. The lowest BCUT2D eigenvalue weighted by atomic mass is 10.0. The zero-order chi connectivity index (χ0) is 21.3. The highest BCUT2D eigenvalue weighted by molar-refractivity contribution is 5.92. The molecule has 154 valence electrons. The summed E-state index contributed by atoms with van der Waals surface area (Å²) < 4.78 is 66.7. The summed E-state index contributed by atoms with van der Waals surface area (Å²) in [7, 11) is 0. The number of hydrogen-bond acceptors (Lipinski definition) is 4. The van der Waals surface area contributed by atoms with Crippen LogP contribution >= 0.6 is 0 Å². The van der Waals surface area contributed by atoms with E-state index < -0.39 is 42.4 Å². The van der Waals surface area contributed by atoms with E-state index in [-0.39, 0.29) is 11.4 Å². The van der Waals surface area contributed by atoms with Crippen LogP contribution in [0, 0.1) is 12.7 Å². The molecule has 0 radical (unpaired) electrons. The van der Waals surface area contributed by atoms with Gasteiger partial charge in [-0.3, -0.25) is 4.79 Å². The highest BCUT2D eigenvalue weighted by Crippen LogP contribution is 2.30. The first-order valence-corrected chi connectivity index (χ1v) is 8.67. The minimum Gasteiger partial charge on any atom is -0.361 e. The van der Waals surface area contributed by atoms with Crippen LogP contribution in [0.15, 0.2) is 35.3 Å². The topological polar surface area (TPSA) is 59.8 Å². The second kappa shape index (κ2) is 8.14. The van der Waals surface area contributed by atoms with Gasteiger partial charge in [0.1, 0.15) is 5.82 Å². The second-order valence-electron chi connectivity index (χ2n) is 6.53. The van der Waals surface area contributed by atoms with Crippen LogP contribution in [-0.2, 0) is 6.54 Å². The summed E-state index contributed by atoms with van der Waals surface area (Å²) >= 11 is 0. The molecule has 29 heavy (non-hydrogen) atoms. The quantitative estimate of drug-likeness (QED) is 0.601. The van der Waals surface area contributed by atoms with Crippen LogP contribution in [0.2, 0.25) is 0 Å². The molecule has 2 aromatic heterocycles. The Hall–Kier alpha value is -3.04. The average molecular weight is 412 g/mol.